The van der Waals surface area contributed by atoms with Crippen LogP contribution in [0.5, 0.6) is 0 Å². The van der Waals surface area contributed by atoms with E-state index < -0.39 is 36.9 Å². The summed E-state index contributed by atoms with van der Waals surface area (Å²) in [4.78, 5) is 12.6. The molecule has 4 atom stereocenters. The van der Waals surface area contributed by atoms with Gasteiger partial charge in [-0.3, -0.25) is 4.79 Å². The van der Waals surface area contributed by atoms with Crippen molar-refractivity contribution in [2.45, 2.75) is 327 Å². The molecule has 0 rings (SSSR count). The van der Waals surface area contributed by atoms with Gasteiger partial charge in [0.2, 0.25) is 5.91 Å². The number of aliphatic hydroxyl groups excluding tert-OH is 4. The van der Waals surface area contributed by atoms with Gasteiger partial charge in [-0.05, 0) is 64.2 Å². The quantitative estimate of drug-likeness (QED) is 0.0309. The van der Waals surface area contributed by atoms with Gasteiger partial charge in [-0.1, -0.05) is 263 Å². The predicted octanol–water partition coefficient (Wildman–Crippen LogP) is 16.3. The molecule has 0 aromatic heterocycles. The summed E-state index contributed by atoms with van der Waals surface area (Å²) >= 11 is 0. The second-order valence-electron chi connectivity index (χ2n) is 19.6. The van der Waals surface area contributed by atoms with Crippen LogP contribution in [-0.2, 0) is 4.79 Å². The van der Waals surface area contributed by atoms with E-state index in [1.807, 2.05) is 0 Å². The van der Waals surface area contributed by atoms with Crippen molar-refractivity contribution >= 4 is 5.91 Å². The normalized spacial score (nSPS) is 13.9. The molecule has 0 bridgehead atoms. The summed E-state index contributed by atoms with van der Waals surface area (Å²) in [5.74, 6) is -0.590. The number of unbranched alkanes of at least 4 members (excludes halogenated alkanes) is 39. The summed E-state index contributed by atoms with van der Waals surface area (Å²) in [5, 5.41) is 43.9. The Morgan fingerprint density at radius 2 is 0.651 bits per heavy atom. The molecule has 6 nitrogen and oxygen atoms in total. The molecule has 5 N–H and O–H groups in total. The number of allylic oxidation sites excluding steroid dienone is 4. The smallest absolute Gasteiger partial charge is 0.249 e. The minimum absolute atomic E-state index is 0.365. The van der Waals surface area contributed by atoms with Gasteiger partial charge >= 0.3 is 0 Å². The maximum Gasteiger partial charge on any atom is 0.249 e. The number of nitrogens with one attached hydrogen (secondary N) is 1. The number of carbonyl (C=O) groups is 1. The Labute approximate surface area is 393 Å². The highest BCUT2D eigenvalue weighted by Gasteiger charge is 2.28. The average molecular weight is 891 g/mol. The standard InChI is InChI=1S/C57H111NO5/c1-3-5-7-9-11-13-15-17-19-21-23-24-25-26-27-28-29-30-31-33-35-37-39-41-43-45-47-49-51-55(61)57(63)58-53(52-59)56(62)54(60)50-48-46-44-42-40-38-36-34-32-22-20-18-16-14-12-10-8-6-4-2/h26-27,42,44,53-56,59-62H,3-25,28-41,43,45-52H2,1-2H3,(H,58,63)/b27-26-,44-42+. The van der Waals surface area contributed by atoms with Gasteiger partial charge in [0.05, 0.1) is 18.8 Å². The molecule has 0 aliphatic carbocycles. The molecule has 1 amide bonds. The van der Waals surface area contributed by atoms with Crippen LogP contribution < -0.4 is 5.32 Å². The SMILES string of the molecule is CCCCCCCCCCCCCC/C=C\CCCCCCCCCCCCCCC(O)C(=O)NC(CO)C(O)C(O)CCC/C=C/CCCCCCCCCCCCCCCC. The van der Waals surface area contributed by atoms with E-state index in [0.29, 0.717) is 12.8 Å². The molecule has 6 heteroatoms. The first-order valence-corrected chi connectivity index (χ1v) is 28.2. The molecule has 0 saturated carbocycles. The van der Waals surface area contributed by atoms with Crippen molar-refractivity contribution in [1.29, 1.82) is 0 Å². The Bertz CT molecular complexity index is 955. The molecule has 4 unspecified atom stereocenters. The lowest BCUT2D eigenvalue weighted by Crippen LogP contribution is -2.53. The predicted molar refractivity (Wildman–Crippen MR) is 274 cm³/mol. The number of aliphatic hydroxyl groups is 4. The third kappa shape index (κ3) is 45.7. The summed E-state index contributed by atoms with van der Waals surface area (Å²) in [7, 11) is 0. The van der Waals surface area contributed by atoms with Crippen LogP contribution in [0.25, 0.3) is 0 Å². The van der Waals surface area contributed by atoms with Crippen molar-refractivity contribution in [2.75, 3.05) is 6.61 Å². The zero-order valence-electron chi connectivity index (χ0n) is 42.3. The van der Waals surface area contributed by atoms with Gasteiger partial charge in [-0.2, -0.15) is 0 Å². The minimum atomic E-state index is -1.28. The van der Waals surface area contributed by atoms with E-state index in [1.54, 1.807) is 0 Å². The first-order valence-electron chi connectivity index (χ1n) is 28.2. The maximum atomic E-state index is 12.6. The molecule has 0 radical (unpaired) electrons. The third-order valence-corrected chi connectivity index (χ3v) is 13.4. The van der Waals surface area contributed by atoms with E-state index >= 15 is 0 Å². The van der Waals surface area contributed by atoms with Crippen LogP contribution in [0.4, 0.5) is 0 Å². The van der Waals surface area contributed by atoms with Gasteiger partial charge in [-0.25, -0.2) is 0 Å². The van der Waals surface area contributed by atoms with Crippen molar-refractivity contribution < 1.29 is 25.2 Å². The van der Waals surface area contributed by atoms with Crippen LogP contribution >= 0.6 is 0 Å². The minimum Gasteiger partial charge on any atom is -0.394 e. The highest BCUT2D eigenvalue weighted by molar-refractivity contribution is 5.80. The van der Waals surface area contributed by atoms with Crippen LogP contribution in [0.2, 0.25) is 0 Å². The lowest BCUT2D eigenvalue weighted by Gasteiger charge is -2.27. The number of hydrogen-bond donors (Lipinski definition) is 5. The topological polar surface area (TPSA) is 110 Å². The molecule has 0 heterocycles. The van der Waals surface area contributed by atoms with Crippen LogP contribution in [-0.4, -0.2) is 57.3 Å². The van der Waals surface area contributed by atoms with Crippen molar-refractivity contribution in [3.8, 4) is 0 Å². The molecular formula is C57H111NO5. The Kier molecular flexibility index (Phi) is 50.8. The first-order chi connectivity index (χ1) is 31.0. The van der Waals surface area contributed by atoms with Crippen molar-refractivity contribution in [1.82, 2.24) is 5.32 Å². The molecule has 374 valence electrons. The molecule has 0 saturated heterocycles. The molecule has 0 aromatic carbocycles. The molecule has 0 aliphatic heterocycles. The van der Waals surface area contributed by atoms with E-state index in [0.717, 1.165) is 38.5 Å². The number of hydrogen-bond acceptors (Lipinski definition) is 5. The van der Waals surface area contributed by atoms with Gasteiger partial charge in [0.15, 0.2) is 0 Å². The van der Waals surface area contributed by atoms with Gasteiger partial charge in [0.1, 0.15) is 12.2 Å². The maximum absolute atomic E-state index is 12.6. The Morgan fingerprint density at radius 1 is 0.381 bits per heavy atom. The number of carbonyl (C=O) groups excluding carboxylic acids is 1. The number of amides is 1. The molecule has 0 aliphatic rings. The van der Waals surface area contributed by atoms with Crippen LogP contribution in [0.1, 0.15) is 303 Å². The van der Waals surface area contributed by atoms with Crippen molar-refractivity contribution in [2.24, 2.45) is 0 Å². The van der Waals surface area contributed by atoms with E-state index in [9.17, 15) is 25.2 Å². The highest BCUT2D eigenvalue weighted by Crippen LogP contribution is 2.17. The third-order valence-electron chi connectivity index (χ3n) is 13.4. The summed E-state index contributed by atoms with van der Waals surface area (Å²) < 4.78 is 0. The fourth-order valence-corrected chi connectivity index (χ4v) is 8.93. The van der Waals surface area contributed by atoms with Crippen molar-refractivity contribution in [3.63, 3.8) is 0 Å². The Balaban J connectivity index is 3.63. The Morgan fingerprint density at radius 3 is 0.952 bits per heavy atom. The van der Waals surface area contributed by atoms with Crippen molar-refractivity contribution in [3.05, 3.63) is 24.3 Å². The summed E-state index contributed by atoms with van der Waals surface area (Å²) in [6.07, 6.45) is 62.5. The monoisotopic (exact) mass is 890 g/mol. The summed E-state index contributed by atoms with van der Waals surface area (Å²) in [5.41, 5.74) is 0. The second-order valence-corrected chi connectivity index (χ2v) is 19.6. The van der Waals surface area contributed by atoms with E-state index in [1.165, 1.54) is 238 Å². The lowest BCUT2D eigenvalue weighted by atomic mass is 10.00. The number of rotatable bonds is 52. The molecule has 63 heavy (non-hydrogen) atoms. The fourth-order valence-electron chi connectivity index (χ4n) is 8.93. The van der Waals surface area contributed by atoms with Crippen LogP contribution in [0.15, 0.2) is 24.3 Å². The van der Waals surface area contributed by atoms with E-state index in [-0.39, 0.29) is 0 Å². The first kappa shape index (κ1) is 61.8. The molecule has 0 spiro atoms. The molecular weight excluding hydrogens is 779 g/mol. The molecule has 0 aromatic rings. The highest BCUT2D eigenvalue weighted by atomic mass is 16.3. The largest absolute Gasteiger partial charge is 0.394 e. The zero-order chi connectivity index (χ0) is 45.9. The van der Waals surface area contributed by atoms with Gasteiger partial charge in [0, 0.05) is 0 Å². The lowest BCUT2D eigenvalue weighted by molar-refractivity contribution is -0.132. The van der Waals surface area contributed by atoms with E-state index in [2.05, 4.69) is 43.5 Å². The van der Waals surface area contributed by atoms with E-state index in [4.69, 9.17) is 0 Å². The van der Waals surface area contributed by atoms with Gasteiger partial charge in [0.25, 0.3) is 0 Å². The van der Waals surface area contributed by atoms with Gasteiger partial charge < -0.3 is 25.7 Å². The fraction of sp³-hybridized carbons (Fsp3) is 0.912. The summed E-state index contributed by atoms with van der Waals surface area (Å²) in [6, 6.07) is -1.00. The van der Waals surface area contributed by atoms with Gasteiger partial charge in [-0.15, -0.1) is 0 Å². The average Bonchev–Trinajstić information content (AvgIpc) is 3.29. The van der Waals surface area contributed by atoms with Crippen LogP contribution in [0.3, 0.4) is 0 Å². The van der Waals surface area contributed by atoms with Crippen LogP contribution in [0, 0.1) is 0 Å². The molecule has 0 fully saturated rings. The Hall–Kier alpha value is -1.21. The zero-order valence-corrected chi connectivity index (χ0v) is 42.3. The second kappa shape index (κ2) is 51.8. The summed E-state index contributed by atoms with van der Waals surface area (Å²) in [6.45, 7) is 4.08.